The third kappa shape index (κ3) is 3.96. The van der Waals surface area contributed by atoms with Crippen LogP contribution in [0.5, 0.6) is 0 Å². The van der Waals surface area contributed by atoms with Gasteiger partial charge < -0.3 is 20.1 Å². The van der Waals surface area contributed by atoms with E-state index in [2.05, 4.69) is 17.2 Å². The highest BCUT2D eigenvalue weighted by Crippen LogP contribution is 2.45. The monoisotopic (exact) mass is 282 g/mol. The lowest BCUT2D eigenvalue weighted by atomic mass is 9.75. The summed E-state index contributed by atoms with van der Waals surface area (Å²) >= 11 is 0. The number of carbonyl (C=O) groups is 1. The third-order valence-electron chi connectivity index (χ3n) is 4.47. The van der Waals surface area contributed by atoms with E-state index < -0.39 is 0 Å². The number of nitrogens with one attached hydrogen (secondary N) is 2. The Kier molecular flexibility index (Phi) is 5.86. The van der Waals surface area contributed by atoms with Crippen LogP contribution in [0.15, 0.2) is 12.7 Å². The van der Waals surface area contributed by atoms with Crippen LogP contribution in [0.4, 0.5) is 4.79 Å². The molecule has 114 valence electrons. The summed E-state index contributed by atoms with van der Waals surface area (Å²) in [6.45, 7) is 6.80. The van der Waals surface area contributed by atoms with Crippen molar-refractivity contribution >= 4 is 6.03 Å². The summed E-state index contributed by atoms with van der Waals surface area (Å²) in [4.78, 5) is 11.9. The highest BCUT2D eigenvalue weighted by atomic mass is 16.5. The normalized spacial score (nSPS) is 24.5. The van der Waals surface area contributed by atoms with Crippen molar-refractivity contribution in [3.05, 3.63) is 12.7 Å². The molecule has 2 fully saturated rings. The Morgan fingerprint density at radius 1 is 1.40 bits per heavy atom. The number of carbonyl (C=O) groups excluding carboxylic acids is 1. The lowest BCUT2D eigenvalue weighted by Crippen LogP contribution is -2.50. The Labute approximate surface area is 121 Å². The second kappa shape index (κ2) is 7.64. The number of ether oxygens (including phenoxy) is 2. The summed E-state index contributed by atoms with van der Waals surface area (Å²) in [7, 11) is 0. The fourth-order valence-electron chi connectivity index (χ4n) is 3.35. The number of hydrogen-bond donors (Lipinski definition) is 2. The zero-order chi connectivity index (χ0) is 14.3. The highest BCUT2D eigenvalue weighted by molar-refractivity contribution is 5.74. The van der Waals surface area contributed by atoms with Crippen molar-refractivity contribution in [1.82, 2.24) is 10.6 Å². The molecule has 1 spiro atoms. The molecule has 1 aliphatic heterocycles. The summed E-state index contributed by atoms with van der Waals surface area (Å²) in [5, 5.41) is 6.00. The maximum atomic E-state index is 11.9. The van der Waals surface area contributed by atoms with Crippen LogP contribution >= 0.6 is 0 Å². The fourth-order valence-corrected chi connectivity index (χ4v) is 3.35. The van der Waals surface area contributed by atoms with Crippen LogP contribution in [0.1, 0.15) is 32.1 Å². The molecule has 0 aromatic carbocycles. The Bertz CT molecular complexity index is 327. The predicted molar refractivity (Wildman–Crippen MR) is 77.7 cm³/mol. The maximum Gasteiger partial charge on any atom is 0.315 e. The summed E-state index contributed by atoms with van der Waals surface area (Å²) in [5.74, 6) is 0. The van der Waals surface area contributed by atoms with E-state index in [0.717, 1.165) is 32.5 Å². The average molecular weight is 282 g/mol. The lowest BCUT2D eigenvalue weighted by molar-refractivity contribution is 0.00621. The van der Waals surface area contributed by atoms with Gasteiger partial charge in [0, 0.05) is 25.8 Å². The van der Waals surface area contributed by atoms with Crippen LogP contribution in [0.2, 0.25) is 0 Å². The van der Waals surface area contributed by atoms with Gasteiger partial charge in [0.05, 0.1) is 13.2 Å². The van der Waals surface area contributed by atoms with Gasteiger partial charge >= 0.3 is 6.03 Å². The molecule has 1 heterocycles. The largest absolute Gasteiger partial charge is 0.381 e. The molecule has 1 saturated carbocycles. The van der Waals surface area contributed by atoms with Gasteiger partial charge in [-0.2, -0.15) is 0 Å². The zero-order valence-corrected chi connectivity index (χ0v) is 12.2. The van der Waals surface area contributed by atoms with Crippen LogP contribution in [-0.2, 0) is 9.47 Å². The lowest BCUT2D eigenvalue weighted by Gasteiger charge is -2.39. The number of rotatable bonds is 6. The first kappa shape index (κ1) is 15.3. The van der Waals surface area contributed by atoms with Gasteiger partial charge in [-0.05, 0) is 31.1 Å². The molecule has 20 heavy (non-hydrogen) atoms. The van der Waals surface area contributed by atoms with Crippen molar-refractivity contribution in [1.29, 1.82) is 0 Å². The van der Waals surface area contributed by atoms with Crippen molar-refractivity contribution in [3.8, 4) is 0 Å². The molecule has 2 N–H and O–H groups in total. The van der Waals surface area contributed by atoms with Gasteiger partial charge in [-0.25, -0.2) is 4.79 Å². The van der Waals surface area contributed by atoms with E-state index in [9.17, 15) is 4.79 Å². The van der Waals surface area contributed by atoms with Crippen molar-refractivity contribution in [2.24, 2.45) is 5.41 Å². The van der Waals surface area contributed by atoms with E-state index in [1.807, 2.05) is 0 Å². The molecule has 2 rings (SSSR count). The van der Waals surface area contributed by atoms with Gasteiger partial charge in [0.15, 0.2) is 0 Å². The van der Waals surface area contributed by atoms with Crippen LogP contribution in [0, 0.1) is 5.41 Å². The maximum absolute atomic E-state index is 11.9. The molecule has 5 heteroatoms. The van der Waals surface area contributed by atoms with Crippen LogP contribution in [0.3, 0.4) is 0 Å². The molecule has 1 atom stereocenters. The first-order valence-corrected chi connectivity index (χ1v) is 7.58. The van der Waals surface area contributed by atoms with Gasteiger partial charge in [0.1, 0.15) is 0 Å². The summed E-state index contributed by atoms with van der Waals surface area (Å²) in [5.41, 5.74) is 0.273. The Morgan fingerprint density at radius 3 is 2.95 bits per heavy atom. The fraction of sp³-hybridized carbons (Fsp3) is 0.800. The minimum atomic E-state index is -0.0787. The van der Waals surface area contributed by atoms with Crippen molar-refractivity contribution < 1.29 is 14.3 Å². The van der Waals surface area contributed by atoms with Gasteiger partial charge in [-0.1, -0.05) is 12.5 Å². The molecule has 0 bridgehead atoms. The topological polar surface area (TPSA) is 59.6 Å². The van der Waals surface area contributed by atoms with E-state index in [0.29, 0.717) is 25.8 Å². The second-order valence-electron chi connectivity index (χ2n) is 5.68. The minimum Gasteiger partial charge on any atom is -0.381 e. The van der Waals surface area contributed by atoms with E-state index in [-0.39, 0.29) is 11.4 Å². The Morgan fingerprint density at radius 2 is 2.20 bits per heavy atom. The van der Waals surface area contributed by atoms with Crippen molar-refractivity contribution in [2.75, 3.05) is 33.0 Å². The SMILES string of the molecule is C=CCOCCNC(=O)N[C@H]1CCCC12CCOCC2. The molecule has 0 radical (unpaired) electrons. The molecule has 1 aliphatic carbocycles. The van der Waals surface area contributed by atoms with Crippen LogP contribution in [0.25, 0.3) is 0 Å². The molecule has 2 amide bonds. The van der Waals surface area contributed by atoms with E-state index in [1.54, 1.807) is 6.08 Å². The molecule has 0 aromatic heterocycles. The standard InChI is InChI=1S/C15H26N2O3/c1-2-9-19-12-8-16-14(18)17-13-4-3-5-15(13)6-10-20-11-7-15/h2,13H,1,3-12H2,(H2,16,17,18)/t13-/m0/s1. The van der Waals surface area contributed by atoms with E-state index in [4.69, 9.17) is 9.47 Å². The number of amides is 2. The average Bonchev–Trinajstić information content (AvgIpc) is 2.82. The van der Waals surface area contributed by atoms with Crippen LogP contribution < -0.4 is 10.6 Å². The Hall–Kier alpha value is -1.07. The van der Waals surface area contributed by atoms with Gasteiger partial charge in [0.2, 0.25) is 0 Å². The minimum absolute atomic E-state index is 0.0787. The molecule has 0 aromatic rings. The van der Waals surface area contributed by atoms with Crippen molar-refractivity contribution in [2.45, 2.75) is 38.1 Å². The molecule has 0 unspecified atom stereocenters. The van der Waals surface area contributed by atoms with Gasteiger partial charge in [-0.15, -0.1) is 6.58 Å². The zero-order valence-electron chi connectivity index (χ0n) is 12.2. The molecule has 1 saturated heterocycles. The highest BCUT2D eigenvalue weighted by Gasteiger charge is 2.44. The van der Waals surface area contributed by atoms with E-state index in [1.165, 1.54) is 12.8 Å². The second-order valence-corrected chi connectivity index (χ2v) is 5.68. The quantitative estimate of drug-likeness (QED) is 0.577. The summed E-state index contributed by atoms with van der Waals surface area (Å²) < 4.78 is 10.7. The van der Waals surface area contributed by atoms with E-state index >= 15 is 0 Å². The smallest absolute Gasteiger partial charge is 0.315 e. The van der Waals surface area contributed by atoms with Crippen molar-refractivity contribution in [3.63, 3.8) is 0 Å². The van der Waals surface area contributed by atoms with Crippen LogP contribution in [-0.4, -0.2) is 45.0 Å². The van der Waals surface area contributed by atoms with Gasteiger partial charge in [-0.3, -0.25) is 0 Å². The third-order valence-corrected chi connectivity index (χ3v) is 4.47. The number of urea groups is 1. The number of hydrogen-bond acceptors (Lipinski definition) is 3. The summed E-state index contributed by atoms with van der Waals surface area (Å²) in [6.07, 6.45) is 7.34. The molecular weight excluding hydrogens is 256 g/mol. The first-order valence-electron chi connectivity index (χ1n) is 7.58. The molecule has 5 nitrogen and oxygen atoms in total. The Balaban J connectivity index is 1.71. The first-order chi connectivity index (χ1) is 9.77. The predicted octanol–water partition coefficient (Wildman–Crippen LogP) is 1.84. The summed E-state index contributed by atoms with van der Waals surface area (Å²) in [6, 6.07) is 0.213. The van der Waals surface area contributed by atoms with Gasteiger partial charge in [0.25, 0.3) is 0 Å². The molecular formula is C15H26N2O3. The molecule has 2 aliphatic rings.